The number of carboxylic acids is 1. The van der Waals surface area contributed by atoms with Crippen molar-refractivity contribution < 1.29 is 27.9 Å². The third-order valence-corrected chi connectivity index (χ3v) is 5.06. The quantitative estimate of drug-likeness (QED) is 0.795. The Morgan fingerprint density at radius 3 is 2.35 bits per heavy atom. The minimum atomic E-state index is -1.50. The molecule has 2 aliphatic heterocycles. The van der Waals surface area contributed by atoms with Gasteiger partial charge in [0, 0.05) is 44.9 Å². The number of aromatic nitrogens is 2. The normalized spacial score (nSPS) is 18.5. The van der Waals surface area contributed by atoms with Crippen LogP contribution in [-0.4, -0.2) is 69.4 Å². The van der Waals surface area contributed by atoms with Gasteiger partial charge in [0.05, 0.1) is 12.2 Å². The molecule has 4 rings (SSSR count). The SMILES string of the molecule is O=C(O)c1nc(N2CCN(C(=O)N3N=CCC3c3cc(F)cc(F)c3)CC2)ncc1F. The largest absolute Gasteiger partial charge is 0.476 e. The zero-order chi connectivity index (χ0) is 22.1. The van der Waals surface area contributed by atoms with Crippen LogP contribution < -0.4 is 4.90 Å². The molecule has 9 nitrogen and oxygen atoms in total. The average molecular weight is 434 g/mol. The predicted molar refractivity (Wildman–Crippen MR) is 102 cm³/mol. The monoisotopic (exact) mass is 434 g/mol. The molecule has 1 aromatic heterocycles. The van der Waals surface area contributed by atoms with Gasteiger partial charge in [-0.2, -0.15) is 5.10 Å². The first kappa shape index (κ1) is 20.6. The second-order valence-electron chi connectivity index (χ2n) is 7.03. The molecule has 2 aliphatic rings. The summed E-state index contributed by atoms with van der Waals surface area (Å²) in [5, 5.41) is 14.3. The van der Waals surface area contributed by atoms with Gasteiger partial charge >= 0.3 is 12.0 Å². The van der Waals surface area contributed by atoms with Gasteiger partial charge in [0.1, 0.15) is 11.6 Å². The van der Waals surface area contributed by atoms with Crippen LogP contribution in [0.2, 0.25) is 0 Å². The third kappa shape index (κ3) is 4.13. The molecular weight excluding hydrogens is 417 g/mol. The summed E-state index contributed by atoms with van der Waals surface area (Å²) < 4.78 is 40.7. The van der Waals surface area contributed by atoms with Gasteiger partial charge in [-0.05, 0) is 17.7 Å². The van der Waals surface area contributed by atoms with Crippen LogP contribution in [0.4, 0.5) is 23.9 Å². The van der Waals surface area contributed by atoms with Crippen LogP contribution in [0.1, 0.15) is 28.5 Å². The molecule has 31 heavy (non-hydrogen) atoms. The summed E-state index contributed by atoms with van der Waals surface area (Å²) in [5.41, 5.74) is -0.414. The Kier molecular flexibility index (Phi) is 5.44. The first-order chi connectivity index (χ1) is 14.8. The second-order valence-corrected chi connectivity index (χ2v) is 7.03. The number of hydrazone groups is 1. The van der Waals surface area contributed by atoms with Gasteiger partial charge in [-0.25, -0.2) is 37.7 Å². The first-order valence-electron chi connectivity index (χ1n) is 9.41. The Bertz CT molecular complexity index is 1040. The summed E-state index contributed by atoms with van der Waals surface area (Å²) in [6.07, 6.45) is 2.64. The van der Waals surface area contributed by atoms with Crippen LogP contribution in [-0.2, 0) is 0 Å². The number of urea groups is 1. The van der Waals surface area contributed by atoms with Gasteiger partial charge in [-0.15, -0.1) is 0 Å². The molecule has 1 unspecified atom stereocenters. The molecule has 1 N–H and O–H groups in total. The molecule has 0 radical (unpaired) electrons. The molecule has 1 atom stereocenters. The molecule has 1 aromatic carbocycles. The van der Waals surface area contributed by atoms with E-state index in [0.29, 0.717) is 12.0 Å². The number of aromatic carboxylic acids is 1. The van der Waals surface area contributed by atoms with Gasteiger partial charge in [0.15, 0.2) is 11.5 Å². The van der Waals surface area contributed by atoms with Gasteiger partial charge in [0.2, 0.25) is 5.95 Å². The number of piperazine rings is 1. The van der Waals surface area contributed by atoms with E-state index >= 15 is 0 Å². The Hall–Kier alpha value is -3.70. The summed E-state index contributed by atoms with van der Waals surface area (Å²) in [6, 6.07) is 2.07. The predicted octanol–water partition coefficient (Wildman–Crippen LogP) is 2.27. The Labute approximate surface area is 174 Å². The van der Waals surface area contributed by atoms with Crippen LogP contribution >= 0.6 is 0 Å². The van der Waals surface area contributed by atoms with E-state index < -0.39 is 41.2 Å². The molecule has 1 saturated heterocycles. The first-order valence-corrected chi connectivity index (χ1v) is 9.41. The number of nitrogens with zero attached hydrogens (tertiary/aromatic N) is 6. The van der Waals surface area contributed by atoms with Crippen molar-refractivity contribution >= 4 is 24.2 Å². The van der Waals surface area contributed by atoms with Crippen molar-refractivity contribution in [3.63, 3.8) is 0 Å². The molecule has 0 bridgehead atoms. The summed E-state index contributed by atoms with van der Waals surface area (Å²) in [5.74, 6) is -3.94. The number of halogens is 3. The lowest BCUT2D eigenvalue weighted by molar-refractivity contribution is 0.0684. The third-order valence-electron chi connectivity index (χ3n) is 5.06. The number of hydrogen-bond acceptors (Lipinski definition) is 6. The molecule has 0 aliphatic carbocycles. The van der Waals surface area contributed by atoms with Crippen molar-refractivity contribution in [1.82, 2.24) is 19.9 Å². The fourth-order valence-corrected chi connectivity index (χ4v) is 3.55. The lowest BCUT2D eigenvalue weighted by atomic mass is 10.0. The lowest BCUT2D eigenvalue weighted by Gasteiger charge is -2.37. The minimum absolute atomic E-state index is 0.0539. The van der Waals surface area contributed by atoms with Crippen molar-refractivity contribution in [2.24, 2.45) is 5.10 Å². The fourth-order valence-electron chi connectivity index (χ4n) is 3.55. The maximum Gasteiger partial charge on any atom is 0.357 e. The Morgan fingerprint density at radius 1 is 1.03 bits per heavy atom. The number of carbonyl (C=O) groups excluding carboxylic acids is 1. The number of anilines is 1. The number of carboxylic acid groups (broad SMARTS) is 1. The Morgan fingerprint density at radius 2 is 1.71 bits per heavy atom. The zero-order valence-electron chi connectivity index (χ0n) is 16.1. The number of amides is 2. The van der Waals surface area contributed by atoms with E-state index in [1.165, 1.54) is 28.3 Å². The molecule has 2 amide bonds. The highest BCUT2D eigenvalue weighted by Crippen LogP contribution is 2.30. The second kappa shape index (κ2) is 8.20. The summed E-state index contributed by atoms with van der Waals surface area (Å²) in [6.45, 7) is 1.07. The van der Waals surface area contributed by atoms with Crippen molar-refractivity contribution in [1.29, 1.82) is 0 Å². The summed E-state index contributed by atoms with van der Waals surface area (Å²) >= 11 is 0. The molecule has 3 heterocycles. The molecule has 2 aromatic rings. The van der Waals surface area contributed by atoms with Gasteiger partial charge in [0.25, 0.3) is 0 Å². The van der Waals surface area contributed by atoms with E-state index in [-0.39, 0.29) is 32.1 Å². The molecule has 1 fully saturated rings. The topological polar surface area (TPSA) is 102 Å². The average Bonchev–Trinajstić information content (AvgIpc) is 3.23. The zero-order valence-corrected chi connectivity index (χ0v) is 16.1. The Balaban J connectivity index is 1.44. The van der Waals surface area contributed by atoms with Crippen molar-refractivity contribution in [3.8, 4) is 0 Å². The van der Waals surface area contributed by atoms with E-state index in [1.807, 2.05) is 0 Å². The highest BCUT2D eigenvalue weighted by molar-refractivity contribution is 5.85. The van der Waals surface area contributed by atoms with Gasteiger partial charge < -0.3 is 14.9 Å². The number of carbonyl (C=O) groups is 2. The van der Waals surface area contributed by atoms with Crippen molar-refractivity contribution in [2.75, 3.05) is 31.1 Å². The maximum atomic E-state index is 13.6. The van der Waals surface area contributed by atoms with E-state index in [4.69, 9.17) is 5.11 Å². The van der Waals surface area contributed by atoms with Crippen molar-refractivity contribution in [2.45, 2.75) is 12.5 Å². The van der Waals surface area contributed by atoms with Gasteiger partial charge in [-0.3, -0.25) is 0 Å². The van der Waals surface area contributed by atoms with E-state index in [2.05, 4.69) is 15.1 Å². The van der Waals surface area contributed by atoms with Crippen LogP contribution in [0.15, 0.2) is 29.5 Å². The highest BCUT2D eigenvalue weighted by atomic mass is 19.1. The molecule has 0 spiro atoms. The van der Waals surface area contributed by atoms with E-state index in [9.17, 15) is 22.8 Å². The van der Waals surface area contributed by atoms with Crippen molar-refractivity contribution in [3.05, 3.63) is 53.1 Å². The molecular formula is C19H17F3N6O3. The highest BCUT2D eigenvalue weighted by Gasteiger charge is 2.34. The minimum Gasteiger partial charge on any atom is -0.476 e. The molecule has 12 heteroatoms. The molecule has 162 valence electrons. The summed E-state index contributed by atoms with van der Waals surface area (Å²) in [7, 11) is 0. The standard InChI is InChI=1S/C19H17F3N6O3/c20-12-7-11(8-13(21)9-12)15-1-2-24-28(15)19(31)27-5-3-26(4-6-27)18-23-10-14(22)16(25-18)17(29)30/h2,7-10,15H,1,3-6H2,(H,29,30). The number of rotatable bonds is 3. The van der Waals surface area contributed by atoms with Gasteiger partial charge in [-0.1, -0.05) is 0 Å². The van der Waals surface area contributed by atoms with Crippen LogP contribution in [0.25, 0.3) is 0 Å². The van der Waals surface area contributed by atoms with E-state index in [1.54, 1.807) is 4.90 Å². The van der Waals surface area contributed by atoms with Crippen LogP contribution in [0.5, 0.6) is 0 Å². The molecule has 0 saturated carbocycles. The van der Waals surface area contributed by atoms with Crippen LogP contribution in [0.3, 0.4) is 0 Å². The summed E-state index contributed by atoms with van der Waals surface area (Å²) in [4.78, 5) is 34.8. The lowest BCUT2D eigenvalue weighted by Crippen LogP contribution is -2.52. The maximum absolute atomic E-state index is 13.6. The number of benzene rings is 1. The fraction of sp³-hybridized carbons (Fsp3) is 0.316. The van der Waals surface area contributed by atoms with Crippen LogP contribution in [0, 0.1) is 17.5 Å². The number of hydrogen-bond donors (Lipinski definition) is 1. The smallest absolute Gasteiger partial charge is 0.357 e. The van der Waals surface area contributed by atoms with E-state index in [0.717, 1.165) is 12.3 Å².